The first-order valence-electron chi connectivity index (χ1n) is 7.29. The van der Waals surface area contributed by atoms with E-state index >= 15 is 0 Å². The van der Waals surface area contributed by atoms with Crippen molar-refractivity contribution in [1.29, 1.82) is 0 Å². The van der Waals surface area contributed by atoms with E-state index in [1.807, 2.05) is 19.1 Å². The Hall–Kier alpha value is -1.14. The summed E-state index contributed by atoms with van der Waals surface area (Å²) in [5.74, 6) is 0.00463. The van der Waals surface area contributed by atoms with Crippen LogP contribution in [0.25, 0.3) is 0 Å². The van der Waals surface area contributed by atoms with Gasteiger partial charge in [0.25, 0.3) is 0 Å². The molecule has 2 N–H and O–H groups in total. The fraction of sp³-hybridized carbons (Fsp3) is 0.562. The Bertz CT molecular complexity index is 482. The summed E-state index contributed by atoms with van der Waals surface area (Å²) in [7, 11) is 3.31. The minimum absolute atomic E-state index is 0.00463. The molecule has 22 heavy (non-hydrogen) atoms. The zero-order chi connectivity index (χ0) is 16.5. The van der Waals surface area contributed by atoms with Crippen LogP contribution >= 0.6 is 11.6 Å². The molecule has 1 aliphatic rings. The van der Waals surface area contributed by atoms with E-state index in [9.17, 15) is 4.79 Å². The molecule has 0 spiro atoms. The molecule has 0 bridgehead atoms. The van der Waals surface area contributed by atoms with Gasteiger partial charge in [0.2, 0.25) is 5.91 Å². The number of amides is 1. The fourth-order valence-electron chi connectivity index (χ4n) is 2.02. The van der Waals surface area contributed by atoms with Crippen LogP contribution < -0.4 is 10.6 Å². The monoisotopic (exact) mass is 328 g/mol. The lowest BCUT2D eigenvalue weighted by molar-refractivity contribution is -0.118. The van der Waals surface area contributed by atoms with Gasteiger partial charge in [-0.1, -0.05) is 23.7 Å². The molecule has 1 saturated heterocycles. The molecule has 0 radical (unpaired) electrons. The van der Waals surface area contributed by atoms with Crippen LogP contribution in [0.4, 0.5) is 0 Å². The minimum Gasteiger partial charge on any atom is -0.377 e. The summed E-state index contributed by atoms with van der Waals surface area (Å²) in [5.41, 5.74) is 2.16. The zero-order valence-corrected chi connectivity index (χ0v) is 14.4. The van der Waals surface area contributed by atoms with Gasteiger partial charge in [0.15, 0.2) is 0 Å². The molecule has 1 aromatic rings. The third kappa shape index (κ3) is 5.93. The summed E-state index contributed by atoms with van der Waals surface area (Å²) in [4.78, 5) is 9.70. The number of ether oxygens (including phenoxy) is 2. The van der Waals surface area contributed by atoms with E-state index in [0.717, 1.165) is 29.2 Å². The third-order valence-electron chi connectivity index (χ3n) is 3.44. The topological polar surface area (TPSA) is 59.6 Å². The van der Waals surface area contributed by atoms with Crippen LogP contribution in [-0.2, 0) is 14.3 Å². The first-order chi connectivity index (χ1) is 10.5. The van der Waals surface area contributed by atoms with Gasteiger partial charge in [-0.15, -0.1) is 0 Å². The van der Waals surface area contributed by atoms with Crippen molar-refractivity contribution < 1.29 is 14.3 Å². The predicted octanol–water partition coefficient (Wildman–Crippen LogP) is 2.08. The number of aryl methyl sites for hydroxylation is 1. The summed E-state index contributed by atoms with van der Waals surface area (Å²) < 4.78 is 11.3. The highest BCUT2D eigenvalue weighted by Crippen LogP contribution is 2.28. The smallest absolute Gasteiger partial charge is 0.216 e. The van der Waals surface area contributed by atoms with Crippen molar-refractivity contribution in [2.75, 3.05) is 33.9 Å². The minimum atomic E-state index is -0.0481. The molecule has 0 aromatic heterocycles. The molecule has 2 atom stereocenters. The second-order valence-electron chi connectivity index (χ2n) is 5.08. The van der Waals surface area contributed by atoms with E-state index in [2.05, 4.69) is 16.7 Å². The summed E-state index contributed by atoms with van der Waals surface area (Å²) in [5, 5.41) is 6.46. The van der Waals surface area contributed by atoms with Gasteiger partial charge in [0, 0.05) is 39.2 Å². The van der Waals surface area contributed by atoms with Crippen molar-refractivity contribution in [2.24, 2.45) is 0 Å². The maximum absolute atomic E-state index is 9.70. The first kappa shape index (κ1) is 18.9. The van der Waals surface area contributed by atoms with Gasteiger partial charge in [0.1, 0.15) is 6.10 Å². The first-order valence-corrected chi connectivity index (χ1v) is 7.66. The number of methoxy groups -OCH3 is 1. The van der Waals surface area contributed by atoms with Gasteiger partial charge in [-0.2, -0.15) is 0 Å². The molecule has 124 valence electrons. The largest absolute Gasteiger partial charge is 0.377 e. The Morgan fingerprint density at radius 2 is 2.18 bits per heavy atom. The second-order valence-corrected chi connectivity index (χ2v) is 5.49. The Labute approximate surface area is 137 Å². The molecule has 1 heterocycles. The van der Waals surface area contributed by atoms with Gasteiger partial charge in [-0.25, -0.2) is 0 Å². The summed E-state index contributed by atoms with van der Waals surface area (Å²) in [6.07, 6.45) is -0.0237. The second kappa shape index (κ2) is 9.79. The average molecular weight is 329 g/mol. The number of benzene rings is 1. The Balaban J connectivity index is 0.000000422. The van der Waals surface area contributed by atoms with E-state index in [1.165, 1.54) is 6.92 Å². The highest BCUT2D eigenvalue weighted by molar-refractivity contribution is 6.31. The Morgan fingerprint density at radius 3 is 2.73 bits per heavy atom. The summed E-state index contributed by atoms with van der Waals surface area (Å²) in [6, 6.07) is 6.05. The molecule has 1 amide bonds. The van der Waals surface area contributed by atoms with Crippen molar-refractivity contribution in [1.82, 2.24) is 10.6 Å². The number of hydrogen-bond acceptors (Lipinski definition) is 4. The predicted molar refractivity (Wildman–Crippen MR) is 88.3 cm³/mol. The summed E-state index contributed by atoms with van der Waals surface area (Å²) >= 11 is 6.15. The zero-order valence-electron chi connectivity index (χ0n) is 13.6. The summed E-state index contributed by atoms with van der Waals surface area (Å²) in [6.45, 7) is 5.81. The van der Waals surface area contributed by atoms with Gasteiger partial charge in [-0.3, -0.25) is 4.79 Å². The van der Waals surface area contributed by atoms with Crippen molar-refractivity contribution in [2.45, 2.75) is 26.1 Å². The Morgan fingerprint density at radius 1 is 1.50 bits per heavy atom. The molecule has 0 aliphatic carbocycles. The van der Waals surface area contributed by atoms with Crippen molar-refractivity contribution in [3.05, 3.63) is 34.3 Å². The molecule has 1 aromatic carbocycles. The number of carbonyl (C=O) groups is 1. The van der Waals surface area contributed by atoms with E-state index in [1.54, 1.807) is 14.2 Å². The van der Waals surface area contributed by atoms with E-state index in [0.29, 0.717) is 6.61 Å². The van der Waals surface area contributed by atoms with Crippen molar-refractivity contribution >= 4 is 17.5 Å². The van der Waals surface area contributed by atoms with Crippen molar-refractivity contribution in [3.63, 3.8) is 0 Å². The lowest BCUT2D eigenvalue weighted by Gasteiger charge is -2.24. The van der Waals surface area contributed by atoms with Gasteiger partial charge >= 0.3 is 0 Å². The van der Waals surface area contributed by atoms with Crippen molar-refractivity contribution in [3.8, 4) is 0 Å². The molecular formula is C16H25ClN2O3. The average Bonchev–Trinajstić information content (AvgIpc) is 2.75. The number of nitrogens with one attached hydrogen (secondary N) is 2. The SMILES string of the molecule is CNC(C)=O.COC1CNCCOC1c1ccc(C)c(Cl)c1. The number of halogens is 1. The van der Waals surface area contributed by atoms with E-state index < -0.39 is 0 Å². The van der Waals surface area contributed by atoms with Gasteiger partial charge < -0.3 is 20.1 Å². The quantitative estimate of drug-likeness (QED) is 0.872. The maximum atomic E-state index is 9.70. The normalized spacial score (nSPS) is 21.3. The van der Waals surface area contributed by atoms with Crippen LogP contribution in [0.15, 0.2) is 18.2 Å². The molecule has 2 unspecified atom stereocenters. The standard InChI is InChI=1S/C13H18ClNO2.C3H7NO/c1-9-3-4-10(7-11(9)14)13-12(16-2)8-15-5-6-17-13;1-3(5)4-2/h3-4,7,12-13,15H,5-6,8H2,1-2H3;1-2H3,(H,4,5). The van der Waals surface area contributed by atoms with E-state index in [-0.39, 0.29) is 18.1 Å². The highest BCUT2D eigenvalue weighted by Gasteiger charge is 2.26. The molecular weight excluding hydrogens is 304 g/mol. The number of hydrogen-bond donors (Lipinski definition) is 2. The van der Waals surface area contributed by atoms with Crippen LogP contribution in [0.5, 0.6) is 0 Å². The van der Waals surface area contributed by atoms with E-state index in [4.69, 9.17) is 21.1 Å². The van der Waals surface area contributed by atoms with Crippen LogP contribution in [0.2, 0.25) is 5.02 Å². The van der Waals surface area contributed by atoms with Gasteiger partial charge in [-0.05, 0) is 24.1 Å². The molecule has 1 aliphatic heterocycles. The molecule has 0 saturated carbocycles. The lowest BCUT2D eigenvalue weighted by Crippen LogP contribution is -2.30. The molecule has 5 nitrogen and oxygen atoms in total. The number of carbonyl (C=O) groups excluding carboxylic acids is 1. The lowest BCUT2D eigenvalue weighted by atomic mass is 10.0. The Kier molecular flexibility index (Phi) is 8.42. The van der Waals surface area contributed by atoms with Crippen LogP contribution in [-0.4, -0.2) is 45.9 Å². The number of rotatable bonds is 2. The van der Waals surface area contributed by atoms with Crippen LogP contribution in [0, 0.1) is 6.92 Å². The van der Waals surface area contributed by atoms with Crippen LogP contribution in [0.1, 0.15) is 24.2 Å². The van der Waals surface area contributed by atoms with Crippen LogP contribution in [0.3, 0.4) is 0 Å². The molecule has 1 fully saturated rings. The fourth-order valence-corrected chi connectivity index (χ4v) is 2.21. The molecule has 2 rings (SSSR count). The third-order valence-corrected chi connectivity index (χ3v) is 3.85. The maximum Gasteiger partial charge on any atom is 0.216 e. The highest BCUT2D eigenvalue weighted by atomic mass is 35.5. The molecule has 6 heteroatoms. The van der Waals surface area contributed by atoms with Gasteiger partial charge in [0.05, 0.1) is 12.7 Å².